The topological polar surface area (TPSA) is 61.7 Å². The molecule has 1 aliphatic rings. The summed E-state index contributed by atoms with van der Waals surface area (Å²) in [5.74, 6) is 0.997. The predicted molar refractivity (Wildman–Crippen MR) is 70.1 cm³/mol. The van der Waals surface area contributed by atoms with Crippen molar-refractivity contribution in [3.63, 3.8) is 0 Å². The largest absolute Gasteiger partial charge is 0.330 e. The van der Waals surface area contributed by atoms with E-state index in [1.807, 2.05) is 18.7 Å². The van der Waals surface area contributed by atoms with Crippen molar-refractivity contribution in [3.05, 3.63) is 23.1 Å². The molecular weight excluding hydrogens is 226 g/mol. The molecule has 96 valence electrons. The van der Waals surface area contributed by atoms with E-state index in [-0.39, 0.29) is 6.04 Å². The molecule has 2 N–H and O–H groups in total. The quantitative estimate of drug-likeness (QED) is 0.813. The highest BCUT2D eigenvalue weighted by atomic mass is 15.3. The normalized spacial score (nSPS) is 19.0. The SMILES string of the molecule is Cc1cc(-c2nc3c(n2C)CCC(N)C3)n(C)n1. The fraction of sp³-hybridized carbons (Fsp3) is 0.538. The van der Waals surface area contributed by atoms with Gasteiger partial charge in [0.2, 0.25) is 0 Å². The summed E-state index contributed by atoms with van der Waals surface area (Å²) in [5.41, 5.74) is 10.6. The molecule has 0 saturated carbocycles. The van der Waals surface area contributed by atoms with Crippen molar-refractivity contribution < 1.29 is 0 Å². The van der Waals surface area contributed by atoms with E-state index in [1.54, 1.807) is 0 Å². The van der Waals surface area contributed by atoms with E-state index in [0.29, 0.717) is 0 Å². The van der Waals surface area contributed by atoms with E-state index >= 15 is 0 Å². The first-order valence-electron chi connectivity index (χ1n) is 6.37. The number of nitrogens with two attached hydrogens (primary N) is 1. The lowest BCUT2D eigenvalue weighted by molar-refractivity contribution is 0.554. The highest BCUT2D eigenvalue weighted by Gasteiger charge is 2.23. The number of aryl methyl sites for hydroxylation is 2. The number of rotatable bonds is 1. The Morgan fingerprint density at radius 3 is 2.83 bits per heavy atom. The Balaban J connectivity index is 2.11. The molecular formula is C13H19N5. The average Bonchev–Trinajstić information content (AvgIpc) is 2.79. The molecule has 1 aliphatic carbocycles. The van der Waals surface area contributed by atoms with Gasteiger partial charge in [-0.1, -0.05) is 0 Å². The first-order chi connectivity index (χ1) is 8.56. The van der Waals surface area contributed by atoms with Gasteiger partial charge in [0.1, 0.15) is 5.69 Å². The maximum atomic E-state index is 6.01. The van der Waals surface area contributed by atoms with Crippen LogP contribution in [0.5, 0.6) is 0 Å². The van der Waals surface area contributed by atoms with Crippen molar-refractivity contribution in [3.8, 4) is 11.5 Å². The Bertz CT molecular complexity index is 593. The second kappa shape index (κ2) is 3.95. The van der Waals surface area contributed by atoms with Crippen LogP contribution in [-0.4, -0.2) is 25.4 Å². The van der Waals surface area contributed by atoms with Crippen LogP contribution in [0.25, 0.3) is 11.5 Å². The molecule has 18 heavy (non-hydrogen) atoms. The van der Waals surface area contributed by atoms with Gasteiger partial charge in [0.15, 0.2) is 5.82 Å². The van der Waals surface area contributed by atoms with Crippen LogP contribution in [0, 0.1) is 6.92 Å². The summed E-state index contributed by atoms with van der Waals surface area (Å²) in [6.07, 6.45) is 2.97. The second-order valence-electron chi connectivity index (χ2n) is 5.19. The minimum Gasteiger partial charge on any atom is -0.330 e. The Morgan fingerprint density at radius 1 is 1.39 bits per heavy atom. The molecule has 0 amide bonds. The monoisotopic (exact) mass is 245 g/mol. The smallest absolute Gasteiger partial charge is 0.158 e. The highest BCUT2D eigenvalue weighted by molar-refractivity contribution is 5.53. The number of imidazole rings is 1. The number of nitrogens with zero attached hydrogens (tertiary/aromatic N) is 4. The van der Waals surface area contributed by atoms with Gasteiger partial charge in [0, 0.05) is 32.3 Å². The Hall–Kier alpha value is -1.62. The summed E-state index contributed by atoms with van der Waals surface area (Å²) < 4.78 is 4.08. The molecule has 2 aromatic heterocycles. The molecule has 0 radical (unpaired) electrons. The van der Waals surface area contributed by atoms with Crippen LogP contribution >= 0.6 is 0 Å². The summed E-state index contributed by atoms with van der Waals surface area (Å²) in [4.78, 5) is 4.77. The van der Waals surface area contributed by atoms with E-state index in [2.05, 4.69) is 22.8 Å². The van der Waals surface area contributed by atoms with Gasteiger partial charge in [-0.3, -0.25) is 4.68 Å². The van der Waals surface area contributed by atoms with Gasteiger partial charge in [-0.2, -0.15) is 5.10 Å². The zero-order chi connectivity index (χ0) is 12.9. The van der Waals surface area contributed by atoms with Crippen LogP contribution in [0.1, 0.15) is 23.5 Å². The molecule has 5 heteroatoms. The molecule has 1 atom stereocenters. The first kappa shape index (κ1) is 11.5. The lowest BCUT2D eigenvalue weighted by atomic mass is 9.97. The van der Waals surface area contributed by atoms with Gasteiger partial charge >= 0.3 is 0 Å². The molecule has 0 aromatic carbocycles. The van der Waals surface area contributed by atoms with Crippen molar-refractivity contribution in [1.29, 1.82) is 0 Å². The molecule has 0 bridgehead atoms. The standard InChI is InChI=1S/C13H19N5/c1-8-6-12(18(3)16-8)13-15-10-7-9(14)4-5-11(10)17(13)2/h6,9H,4-5,7,14H2,1-3H3. The van der Waals surface area contributed by atoms with E-state index < -0.39 is 0 Å². The fourth-order valence-electron chi connectivity index (χ4n) is 2.79. The van der Waals surface area contributed by atoms with Gasteiger partial charge in [-0.25, -0.2) is 4.98 Å². The third-order valence-corrected chi connectivity index (χ3v) is 3.74. The van der Waals surface area contributed by atoms with Crippen LogP contribution in [0.15, 0.2) is 6.07 Å². The Morgan fingerprint density at radius 2 is 2.17 bits per heavy atom. The second-order valence-corrected chi connectivity index (χ2v) is 5.19. The molecule has 2 heterocycles. The molecule has 0 spiro atoms. The number of aromatic nitrogens is 4. The van der Waals surface area contributed by atoms with Crippen LogP contribution in [0.3, 0.4) is 0 Å². The summed E-state index contributed by atoms with van der Waals surface area (Å²) in [6, 6.07) is 2.33. The molecule has 1 unspecified atom stereocenters. The maximum Gasteiger partial charge on any atom is 0.158 e. The van der Waals surface area contributed by atoms with E-state index in [9.17, 15) is 0 Å². The molecule has 2 aromatic rings. The summed E-state index contributed by atoms with van der Waals surface area (Å²) in [7, 11) is 4.04. The Labute approximate surface area is 107 Å². The average molecular weight is 245 g/mol. The van der Waals surface area contributed by atoms with Crippen LogP contribution in [-0.2, 0) is 26.9 Å². The van der Waals surface area contributed by atoms with E-state index in [1.165, 1.54) is 5.69 Å². The minimum atomic E-state index is 0.258. The van der Waals surface area contributed by atoms with Crippen molar-refractivity contribution in [2.45, 2.75) is 32.2 Å². The third-order valence-electron chi connectivity index (χ3n) is 3.74. The van der Waals surface area contributed by atoms with Crippen molar-refractivity contribution in [2.24, 2.45) is 19.8 Å². The zero-order valence-electron chi connectivity index (χ0n) is 11.1. The zero-order valence-corrected chi connectivity index (χ0v) is 11.1. The van der Waals surface area contributed by atoms with E-state index in [4.69, 9.17) is 10.7 Å². The molecule has 0 saturated heterocycles. The summed E-state index contributed by atoms with van der Waals surface area (Å²) in [5, 5.41) is 4.39. The van der Waals surface area contributed by atoms with Gasteiger partial charge < -0.3 is 10.3 Å². The fourth-order valence-corrected chi connectivity index (χ4v) is 2.79. The van der Waals surface area contributed by atoms with Gasteiger partial charge in [-0.05, 0) is 25.8 Å². The van der Waals surface area contributed by atoms with Gasteiger partial charge in [-0.15, -0.1) is 0 Å². The van der Waals surface area contributed by atoms with Crippen LogP contribution in [0.4, 0.5) is 0 Å². The Kier molecular flexibility index (Phi) is 2.52. The van der Waals surface area contributed by atoms with Gasteiger partial charge in [0.25, 0.3) is 0 Å². The maximum absolute atomic E-state index is 6.01. The summed E-state index contributed by atoms with van der Waals surface area (Å²) in [6.45, 7) is 2.00. The summed E-state index contributed by atoms with van der Waals surface area (Å²) >= 11 is 0. The van der Waals surface area contributed by atoms with Gasteiger partial charge in [0.05, 0.1) is 11.4 Å². The van der Waals surface area contributed by atoms with Crippen molar-refractivity contribution in [2.75, 3.05) is 0 Å². The number of hydrogen-bond donors (Lipinski definition) is 1. The molecule has 5 nitrogen and oxygen atoms in total. The third kappa shape index (κ3) is 1.66. The van der Waals surface area contributed by atoms with Crippen LogP contribution in [0.2, 0.25) is 0 Å². The van der Waals surface area contributed by atoms with Crippen LogP contribution < -0.4 is 5.73 Å². The number of hydrogen-bond acceptors (Lipinski definition) is 3. The van der Waals surface area contributed by atoms with Crippen molar-refractivity contribution >= 4 is 0 Å². The first-order valence-corrected chi connectivity index (χ1v) is 6.37. The molecule has 3 rings (SSSR count). The lowest BCUT2D eigenvalue weighted by Crippen LogP contribution is -2.28. The lowest BCUT2D eigenvalue weighted by Gasteiger charge is -2.17. The molecule has 0 fully saturated rings. The molecule has 0 aliphatic heterocycles. The van der Waals surface area contributed by atoms with Crippen molar-refractivity contribution in [1.82, 2.24) is 19.3 Å². The van der Waals surface area contributed by atoms with E-state index in [0.717, 1.165) is 42.2 Å². The highest BCUT2D eigenvalue weighted by Crippen LogP contribution is 2.26. The minimum absolute atomic E-state index is 0.258. The number of fused-ring (bicyclic) bond motifs is 1. The predicted octanol–water partition coefficient (Wildman–Crippen LogP) is 0.945.